The number of carbonyl (C=O) groups is 2. The van der Waals surface area contributed by atoms with Crippen LogP contribution in [0, 0.1) is 0 Å². The van der Waals surface area contributed by atoms with Crippen molar-refractivity contribution in [3.8, 4) is 0 Å². The molecule has 0 amide bonds. The highest BCUT2D eigenvalue weighted by atomic mass is 35.5. The minimum Gasteiger partial charge on any atom is -0.478 e. The summed E-state index contributed by atoms with van der Waals surface area (Å²) in [6, 6.07) is 26.1. The molecule has 3 aromatic rings. The van der Waals surface area contributed by atoms with E-state index in [1.54, 1.807) is 24.0 Å². The van der Waals surface area contributed by atoms with Crippen LogP contribution in [0.1, 0.15) is 18.7 Å². The first-order valence-corrected chi connectivity index (χ1v) is 10.9. The van der Waals surface area contributed by atoms with Crippen LogP contribution in [0.4, 0.5) is 11.4 Å². The molecule has 1 atom stereocenters. The van der Waals surface area contributed by atoms with Crippen molar-refractivity contribution >= 4 is 34.9 Å². The lowest BCUT2D eigenvalue weighted by Crippen LogP contribution is -2.50. The molecule has 0 saturated carbocycles. The number of halogens is 1. The predicted molar refractivity (Wildman–Crippen MR) is 128 cm³/mol. The third-order valence-corrected chi connectivity index (χ3v) is 5.66. The summed E-state index contributed by atoms with van der Waals surface area (Å²) in [4.78, 5) is 29.2. The molecular formula is C26H23ClN2O4. The Morgan fingerprint density at radius 2 is 1.55 bits per heavy atom. The third-order valence-electron chi connectivity index (χ3n) is 5.41. The number of hydrogen-bond donors (Lipinski definition) is 1. The zero-order chi connectivity index (χ0) is 23.4. The van der Waals surface area contributed by atoms with Gasteiger partial charge in [-0.3, -0.25) is 0 Å². The van der Waals surface area contributed by atoms with Crippen molar-refractivity contribution < 1.29 is 19.4 Å². The number of carboxylic acid groups (broad SMARTS) is 1. The van der Waals surface area contributed by atoms with Gasteiger partial charge in [0.25, 0.3) is 0 Å². The van der Waals surface area contributed by atoms with Gasteiger partial charge in [0.15, 0.2) is 0 Å². The molecule has 1 unspecified atom stereocenters. The maximum atomic E-state index is 13.1. The van der Waals surface area contributed by atoms with Gasteiger partial charge in [0, 0.05) is 16.4 Å². The van der Waals surface area contributed by atoms with Gasteiger partial charge in [-0.25, -0.2) is 9.59 Å². The Balaban J connectivity index is 2.01. The molecule has 1 N–H and O–H groups in total. The number of rotatable bonds is 6. The fourth-order valence-electron chi connectivity index (χ4n) is 4.01. The number of para-hydroxylation sites is 1. The standard InChI is InChI=1S/C26H23ClN2O4/c1-2-33-26(32)23-22(25(30)31)17-28(20-15-13-19(27)14-16-20)24(18-9-5-3-6-10-18)29(23)21-11-7-4-8-12-21/h3-16,24H,2,17H2,1H3,(H,30,31). The fourth-order valence-corrected chi connectivity index (χ4v) is 4.13. The highest BCUT2D eigenvalue weighted by Crippen LogP contribution is 2.41. The van der Waals surface area contributed by atoms with E-state index >= 15 is 0 Å². The number of hydrogen-bond acceptors (Lipinski definition) is 5. The summed E-state index contributed by atoms with van der Waals surface area (Å²) >= 11 is 6.11. The normalized spacial score (nSPS) is 16.0. The molecule has 168 valence electrons. The number of carboxylic acids is 1. The molecule has 33 heavy (non-hydrogen) atoms. The number of esters is 1. The van der Waals surface area contributed by atoms with Crippen LogP contribution in [0.15, 0.2) is 96.2 Å². The first-order chi connectivity index (χ1) is 16.0. The Morgan fingerprint density at radius 3 is 2.12 bits per heavy atom. The van der Waals surface area contributed by atoms with Crippen LogP contribution in [0.3, 0.4) is 0 Å². The minimum absolute atomic E-state index is 0.00794. The number of ether oxygens (including phenoxy) is 1. The number of aliphatic carboxylic acids is 1. The van der Waals surface area contributed by atoms with Gasteiger partial charge >= 0.3 is 11.9 Å². The summed E-state index contributed by atoms with van der Waals surface area (Å²) in [5.41, 5.74) is 2.32. The summed E-state index contributed by atoms with van der Waals surface area (Å²) in [5.74, 6) is -1.85. The van der Waals surface area contributed by atoms with Gasteiger partial charge in [-0.1, -0.05) is 60.1 Å². The number of nitrogens with zero attached hydrogens (tertiary/aromatic N) is 2. The topological polar surface area (TPSA) is 70.1 Å². The van der Waals surface area contributed by atoms with Crippen LogP contribution < -0.4 is 9.80 Å². The summed E-state index contributed by atoms with van der Waals surface area (Å²) in [6.07, 6.45) is -0.503. The van der Waals surface area contributed by atoms with Gasteiger partial charge in [0.2, 0.25) is 0 Å². The second kappa shape index (κ2) is 9.79. The van der Waals surface area contributed by atoms with E-state index < -0.39 is 18.1 Å². The predicted octanol–water partition coefficient (Wildman–Crippen LogP) is 5.27. The Labute approximate surface area is 197 Å². The molecule has 1 aliphatic rings. The van der Waals surface area contributed by atoms with E-state index in [2.05, 4.69) is 0 Å². The van der Waals surface area contributed by atoms with E-state index in [9.17, 15) is 14.7 Å². The summed E-state index contributed by atoms with van der Waals surface area (Å²) in [5, 5.41) is 10.7. The smallest absolute Gasteiger partial charge is 0.355 e. The monoisotopic (exact) mass is 462 g/mol. The molecule has 0 aromatic heterocycles. The van der Waals surface area contributed by atoms with Gasteiger partial charge in [-0.05, 0) is 48.9 Å². The average molecular weight is 463 g/mol. The summed E-state index contributed by atoms with van der Waals surface area (Å²) in [7, 11) is 0. The highest BCUT2D eigenvalue weighted by molar-refractivity contribution is 6.30. The molecular weight excluding hydrogens is 440 g/mol. The van der Waals surface area contributed by atoms with Crippen LogP contribution >= 0.6 is 11.6 Å². The van der Waals surface area contributed by atoms with E-state index in [1.807, 2.05) is 77.7 Å². The lowest BCUT2D eigenvalue weighted by molar-refractivity contribution is -0.140. The van der Waals surface area contributed by atoms with Crippen LogP contribution in [0.5, 0.6) is 0 Å². The van der Waals surface area contributed by atoms with E-state index in [0.29, 0.717) is 10.7 Å². The van der Waals surface area contributed by atoms with E-state index in [-0.39, 0.29) is 24.4 Å². The highest BCUT2D eigenvalue weighted by Gasteiger charge is 2.42. The third kappa shape index (κ3) is 4.56. The molecule has 0 spiro atoms. The first kappa shape index (κ1) is 22.4. The molecule has 6 nitrogen and oxygen atoms in total. The molecule has 4 rings (SSSR count). The molecule has 1 aliphatic heterocycles. The summed E-state index contributed by atoms with van der Waals surface area (Å²) < 4.78 is 5.32. The van der Waals surface area contributed by atoms with Crippen LogP contribution in [0.25, 0.3) is 0 Å². The molecule has 3 aromatic carbocycles. The maximum absolute atomic E-state index is 13.1. The van der Waals surface area contributed by atoms with Crippen LogP contribution in [-0.4, -0.2) is 30.2 Å². The second-order valence-corrected chi connectivity index (χ2v) is 7.88. The SMILES string of the molecule is CCOC(=O)C1=C(C(=O)O)CN(c2ccc(Cl)cc2)C(c2ccccc2)N1c1ccccc1. The van der Waals surface area contributed by atoms with Crippen molar-refractivity contribution in [1.29, 1.82) is 0 Å². The van der Waals surface area contributed by atoms with Crippen molar-refractivity contribution in [2.45, 2.75) is 13.1 Å². The molecule has 0 saturated heterocycles. The molecule has 1 heterocycles. The Hall–Kier alpha value is -3.77. The van der Waals surface area contributed by atoms with Crippen molar-refractivity contribution in [2.75, 3.05) is 23.0 Å². The van der Waals surface area contributed by atoms with Gasteiger partial charge < -0.3 is 19.6 Å². The van der Waals surface area contributed by atoms with Crippen molar-refractivity contribution in [1.82, 2.24) is 0 Å². The quantitative estimate of drug-likeness (QED) is 0.503. The summed E-state index contributed by atoms with van der Waals surface area (Å²) in [6.45, 7) is 1.84. The fraction of sp³-hybridized carbons (Fsp3) is 0.154. The average Bonchev–Trinajstić information content (AvgIpc) is 2.84. The van der Waals surface area contributed by atoms with Crippen LogP contribution in [-0.2, 0) is 14.3 Å². The maximum Gasteiger partial charge on any atom is 0.355 e. The Morgan fingerprint density at radius 1 is 0.939 bits per heavy atom. The van der Waals surface area contributed by atoms with E-state index in [0.717, 1.165) is 11.3 Å². The van der Waals surface area contributed by atoms with Gasteiger partial charge in [0.1, 0.15) is 11.9 Å². The Kier molecular flexibility index (Phi) is 6.66. The van der Waals surface area contributed by atoms with Gasteiger partial charge in [0.05, 0.1) is 18.7 Å². The number of anilines is 2. The lowest BCUT2D eigenvalue weighted by atomic mass is 9.99. The number of carbonyl (C=O) groups excluding carboxylic acids is 1. The molecule has 0 radical (unpaired) electrons. The number of benzene rings is 3. The zero-order valence-electron chi connectivity index (χ0n) is 18.0. The van der Waals surface area contributed by atoms with Crippen molar-refractivity contribution in [3.63, 3.8) is 0 Å². The van der Waals surface area contributed by atoms with Crippen LogP contribution in [0.2, 0.25) is 5.02 Å². The van der Waals surface area contributed by atoms with Gasteiger partial charge in [-0.2, -0.15) is 0 Å². The first-order valence-electron chi connectivity index (χ1n) is 10.6. The molecule has 7 heteroatoms. The largest absolute Gasteiger partial charge is 0.478 e. The zero-order valence-corrected chi connectivity index (χ0v) is 18.8. The van der Waals surface area contributed by atoms with Gasteiger partial charge in [-0.15, -0.1) is 0 Å². The molecule has 0 aliphatic carbocycles. The molecule has 0 fully saturated rings. The van der Waals surface area contributed by atoms with Crippen molar-refractivity contribution in [2.24, 2.45) is 0 Å². The minimum atomic E-state index is -1.18. The second-order valence-electron chi connectivity index (χ2n) is 7.45. The Bertz CT molecular complexity index is 1160. The van der Waals surface area contributed by atoms with E-state index in [4.69, 9.17) is 16.3 Å². The molecule has 0 bridgehead atoms. The van der Waals surface area contributed by atoms with Crippen molar-refractivity contribution in [3.05, 3.63) is 107 Å². The lowest BCUT2D eigenvalue weighted by Gasteiger charge is -2.46. The van der Waals surface area contributed by atoms with E-state index in [1.165, 1.54) is 0 Å².